The van der Waals surface area contributed by atoms with Crippen LogP contribution >= 0.6 is 0 Å². The van der Waals surface area contributed by atoms with E-state index in [1.807, 2.05) is 43.3 Å². The molecular weight excluding hydrogens is 338 g/mol. The Bertz CT molecular complexity index is 657. The van der Waals surface area contributed by atoms with Crippen LogP contribution in [0.3, 0.4) is 0 Å². The number of carboxylic acids is 1. The van der Waals surface area contributed by atoms with E-state index in [9.17, 15) is 9.90 Å². The summed E-state index contributed by atoms with van der Waals surface area (Å²) in [6, 6.07) is 20.3. The number of carboxylic acid groups (broad SMARTS) is 1. The minimum absolute atomic E-state index is 0.0881. The van der Waals surface area contributed by atoms with Crippen molar-refractivity contribution in [2.24, 2.45) is 0 Å². The molecule has 0 aliphatic carbocycles. The lowest BCUT2D eigenvalue weighted by atomic mass is 9.99. The van der Waals surface area contributed by atoms with Gasteiger partial charge >= 0.3 is 5.97 Å². The van der Waals surface area contributed by atoms with Gasteiger partial charge in [-0.25, -0.2) is 0 Å². The smallest absolute Gasteiger partial charge is 0.320 e. The highest BCUT2D eigenvalue weighted by molar-refractivity contribution is 5.73. The molecule has 1 N–H and O–H groups in total. The maximum absolute atomic E-state index is 11.5. The van der Waals surface area contributed by atoms with Crippen molar-refractivity contribution < 1.29 is 14.6 Å². The standard InChI is InChI=1S/C23H29NO3/c1-2-9-21(23(25)26)24-16-14-20(15-17-24)27-22(18-10-5-3-6-11-18)19-12-7-4-8-13-19/h3-8,10-13,20-22H,2,9,14-17H2,1H3,(H,25,26). The van der Waals surface area contributed by atoms with Gasteiger partial charge in [0.15, 0.2) is 0 Å². The summed E-state index contributed by atoms with van der Waals surface area (Å²) in [5, 5.41) is 9.49. The van der Waals surface area contributed by atoms with Gasteiger partial charge in [0, 0.05) is 13.1 Å². The van der Waals surface area contributed by atoms with Crippen LogP contribution in [0.5, 0.6) is 0 Å². The van der Waals surface area contributed by atoms with E-state index < -0.39 is 5.97 Å². The fraction of sp³-hybridized carbons (Fsp3) is 0.435. The molecule has 2 aromatic carbocycles. The van der Waals surface area contributed by atoms with Crippen molar-refractivity contribution in [1.82, 2.24) is 4.90 Å². The molecule has 3 rings (SSSR count). The van der Waals surface area contributed by atoms with E-state index in [1.165, 1.54) is 0 Å². The summed E-state index contributed by atoms with van der Waals surface area (Å²) in [4.78, 5) is 13.6. The van der Waals surface area contributed by atoms with Gasteiger partial charge in [0.1, 0.15) is 12.1 Å². The van der Waals surface area contributed by atoms with E-state index in [0.29, 0.717) is 6.42 Å². The first-order valence-electron chi connectivity index (χ1n) is 9.91. The average Bonchev–Trinajstić information content (AvgIpc) is 2.72. The largest absolute Gasteiger partial charge is 0.480 e. The molecule has 0 radical (unpaired) electrons. The number of hydrogen-bond acceptors (Lipinski definition) is 3. The highest BCUT2D eigenvalue weighted by Crippen LogP contribution is 2.30. The predicted octanol–water partition coefficient (Wildman–Crippen LogP) is 4.51. The van der Waals surface area contributed by atoms with Gasteiger partial charge in [-0.3, -0.25) is 9.69 Å². The lowest BCUT2D eigenvalue weighted by Gasteiger charge is -2.37. The van der Waals surface area contributed by atoms with Crippen molar-refractivity contribution in [3.63, 3.8) is 0 Å². The molecule has 0 spiro atoms. The van der Waals surface area contributed by atoms with Crippen LogP contribution < -0.4 is 0 Å². The van der Waals surface area contributed by atoms with E-state index >= 15 is 0 Å². The molecule has 4 nitrogen and oxygen atoms in total. The number of piperidine rings is 1. The molecule has 4 heteroatoms. The summed E-state index contributed by atoms with van der Waals surface area (Å²) < 4.78 is 6.54. The Morgan fingerprint density at radius 1 is 1.04 bits per heavy atom. The van der Waals surface area contributed by atoms with Crippen LogP contribution in [0.2, 0.25) is 0 Å². The second kappa shape index (κ2) is 9.67. The Morgan fingerprint density at radius 2 is 1.56 bits per heavy atom. The number of aliphatic carboxylic acids is 1. The molecule has 1 unspecified atom stereocenters. The van der Waals surface area contributed by atoms with Gasteiger partial charge in [-0.05, 0) is 30.4 Å². The molecule has 1 atom stereocenters. The zero-order valence-corrected chi connectivity index (χ0v) is 16.0. The summed E-state index contributed by atoms with van der Waals surface area (Å²) in [7, 11) is 0. The third-order valence-electron chi connectivity index (χ3n) is 5.30. The Morgan fingerprint density at radius 3 is 2.00 bits per heavy atom. The summed E-state index contributed by atoms with van der Waals surface area (Å²) in [6.07, 6.45) is 3.38. The molecule has 1 fully saturated rings. The van der Waals surface area contributed by atoms with Crippen LogP contribution in [0.15, 0.2) is 60.7 Å². The van der Waals surface area contributed by atoms with Crippen molar-refractivity contribution in [1.29, 1.82) is 0 Å². The zero-order valence-electron chi connectivity index (χ0n) is 16.0. The normalized spacial score (nSPS) is 17.1. The maximum Gasteiger partial charge on any atom is 0.320 e. The second-order valence-corrected chi connectivity index (χ2v) is 7.22. The van der Waals surface area contributed by atoms with Gasteiger partial charge in [0.05, 0.1) is 6.10 Å². The Kier molecular flexibility index (Phi) is 7.02. The minimum Gasteiger partial charge on any atom is -0.480 e. The van der Waals surface area contributed by atoms with Gasteiger partial charge in [-0.1, -0.05) is 74.0 Å². The molecule has 0 aromatic heterocycles. The minimum atomic E-state index is -0.706. The van der Waals surface area contributed by atoms with Crippen LogP contribution in [0.25, 0.3) is 0 Å². The van der Waals surface area contributed by atoms with Crippen LogP contribution in [0, 0.1) is 0 Å². The molecule has 144 valence electrons. The van der Waals surface area contributed by atoms with Crippen molar-refractivity contribution in [3.8, 4) is 0 Å². The molecule has 27 heavy (non-hydrogen) atoms. The fourth-order valence-corrected chi connectivity index (χ4v) is 3.86. The molecule has 1 heterocycles. The molecule has 1 aliphatic rings. The first-order chi connectivity index (χ1) is 13.2. The summed E-state index contributed by atoms with van der Waals surface area (Å²) in [5.74, 6) is -0.706. The van der Waals surface area contributed by atoms with Gasteiger partial charge in [-0.15, -0.1) is 0 Å². The Balaban J connectivity index is 1.67. The highest BCUT2D eigenvalue weighted by atomic mass is 16.5. The molecule has 0 saturated carbocycles. The van der Waals surface area contributed by atoms with E-state index in [1.54, 1.807) is 0 Å². The molecule has 1 aliphatic heterocycles. The summed E-state index contributed by atoms with van der Waals surface area (Å²) in [6.45, 7) is 3.59. The zero-order chi connectivity index (χ0) is 19.1. The number of carbonyl (C=O) groups is 1. The van der Waals surface area contributed by atoms with Crippen molar-refractivity contribution >= 4 is 5.97 Å². The fourth-order valence-electron chi connectivity index (χ4n) is 3.86. The van der Waals surface area contributed by atoms with E-state index in [0.717, 1.165) is 43.5 Å². The predicted molar refractivity (Wildman–Crippen MR) is 107 cm³/mol. The first-order valence-corrected chi connectivity index (χ1v) is 9.91. The lowest BCUT2D eigenvalue weighted by Crippen LogP contribution is -2.47. The molecule has 0 amide bonds. The first kappa shape index (κ1) is 19.6. The van der Waals surface area contributed by atoms with Crippen molar-refractivity contribution in [3.05, 3.63) is 71.8 Å². The highest BCUT2D eigenvalue weighted by Gasteiger charge is 2.30. The van der Waals surface area contributed by atoms with Crippen LogP contribution in [0.1, 0.15) is 49.8 Å². The van der Waals surface area contributed by atoms with Crippen LogP contribution in [-0.4, -0.2) is 41.2 Å². The van der Waals surface area contributed by atoms with E-state index in [2.05, 4.69) is 29.2 Å². The van der Waals surface area contributed by atoms with Gasteiger partial charge in [0.25, 0.3) is 0 Å². The van der Waals surface area contributed by atoms with E-state index in [4.69, 9.17) is 4.74 Å². The number of benzene rings is 2. The third kappa shape index (κ3) is 5.18. The summed E-state index contributed by atoms with van der Waals surface area (Å²) in [5.41, 5.74) is 2.31. The molecular formula is C23H29NO3. The van der Waals surface area contributed by atoms with Crippen LogP contribution in [0.4, 0.5) is 0 Å². The number of hydrogen-bond donors (Lipinski definition) is 1. The number of likely N-dealkylation sites (tertiary alicyclic amines) is 1. The quantitative estimate of drug-likeness (QED) is 0.746. The molecule has 0 bridgehead atoms. The Labute approximate surface area is 161 Å². The van der Waals surface area contributed by atoms with Crippen molar-refractivity contribution in [2.45, 2.75) is 50.9 Å². The molecule has 1 saturated heterocycles. The number of rotatable bonds is 8. The average molecular weight is 367 g/mol. The summed E-state index contributed by atoms with van der Waals surface area (Å²) >= 11 is 0. The van der Waals surface area contributed by atoms with E-state index in [-0.39, 0.29) is 18.2 Å². The van der Waals surface area contributed by atoms with Crippen LogP contribution in [-0.2, 0) is 9.53 Å². The molecule has 2 aromatic rings. The monoisotopic (exact) mass is 367 g/mol. The van der Waals surface area contributed by atoms with Gasteiger partial charge in [0.2, 0.25) is 0 Å². The number of nitrogens with zero attached hydrogens (tertiary/aromatic N) is 1. The SMILES string of the molecule is CCCC(C(=O)O)N1CCC(OC(c2ccccc2)c2ccccc2)CC1. The second-order valence-electron chi connectivity index (χ2n) is 7.22. The third-order valence-corrected chi connectivity index (χ3v) is 5.30. The van der Waals surface area contributed by atoms with Gasteiger partial charge < -0.3 is 9.84 Å². The maximum atomic E-state index is 11.5. The van der Waals surface area contributed by atoms with Crippen molar-refractivity contribution in [2.75, 3.05) is 13.1 Å². The lowest BCUT2D eigenvalue weighted by molar-refractivity contribution is -0.145. The Hall–Kier alpha value is -2.17. The topological polar surface area (TPSA) is 49.8 Å². The number of ether oxygens (including phenoxy) is 1. The van der Waals surface area contributed by atoms with Gasteiger partial charge in [-0.2, -0.15) is 0 Å².